The van der Waals surface area contributed by atoms with Crippen LogP contribution in [0.1, 0.15) is 22.5 Å². The Morgan fingerprint density at radius 3 is 2.59 bits per heavy atom. The first-order valence-corrected chi connectivity index (χ1v) is 5.80. The molecule has 0 unspecified atom stereocenters. The van der Waals surface area contributed by atoms with Gasteiger partial charge in [0.25, 0.3) is 0 Å². The number of hydrogen-bond donors (Lipinski definition) is 1. The van der Waals surface area contributed by atoms with Gasteiger partial charge in [-0.3, -0.25) is 0 Å². The molecule has 2 heterocycles. The summed E-state index contributed by atoms with van der Waals surface area (Å²) in [6.45, 7) is 6.45. The highest BCUT2D eigenvalue weighted by molar-refractivity contribution is 6.31. The third-order valence-corrected chi connectivity index (χ3v) is 3.35. The Morgan fingerprint density at radius 1 is 1.35 bits per heavy atom. The number of rotatable bonds is 2. The van der Waals surface area contributed by atoms with Gasteiger partial charge in [0, 0.05) is 18.4 Å². The molecule has 0 aliphatic carbocycles. The molecule has 2 aromatic heterocycles. The molecule has 0 radical (unpaired) electrons. The number of aromatic nitrogens is 3. The summed E-state index contributed by atoms with van der Waals surface area (Å²) in [4.78, 5) is 4.29. The van der Waals surface area contributed by atoms with Crippen LogP contribution in [0.2, 0.25) is 5.02 Å². The zero-order valence-corrected chi connectivity index (χ0v) is 10.9. The Labute approximate surface area is 105 Å². The zero-order valence-electron chi connectivity index (χ0n) is 10.2. The van der Waals surface area contributed by atoms with Crippen LogP contribution in [0.15, 0.2) is 12.3 Å². The molecule has 4 nitrogen and oxygen atoms in total. The van der Waals surface area contributed by atoms with Gasteiger partial charge < -0.3 is 5.73 Å². The normalized spacial score (nSPS) is 10.9. The van der Waals surface area contributed by atoms with Crippen molar-refractivity contribution in [2.45, 2.75) is 27.3 Å². The maximum Gasteiger partial charge on any atom is 0.154 e. The van der Waals surface area contributed by atoms with Crippen LogP contribution in [0.25, 0.3) is 5.82 Å². The molecular formula is C12H15ClN4. The average Bonchev–Trinajstić information content (AvgIpc) is 2.58. The Balaban J connectivity index is 2.57. The van der Waals surface area contributed by atoms with E-state index in [0.717, 1.165) is 22.8 Å². The van der Waals surface area contributed by atoms with E-state index in [1.54, 1.807) is 6.20 Å². The lowest BCUT2D eigenvalue weighted by Gasteiger charge is -2.06. The van der Waals surface area contributed by atoms with Crippen molar-refractivity contribution in [3.63, 3.8) is 0 Å². The summed E-state index contributed by atoms with van der Waals surface area (Å²) < 4.78 is 1.82. The first-order chi connectivity index (χ1) is 8.04. The predicted octanol–water partition coefficient (Wildman–Crippen LogP) is 2.30. The van der Waals surface area contributed by atoms with Crippen LogP contribution >= 0.6 is 11.6 Å². The summed E-state index contributed by atoms with van der Waals surface area (Å²) in [7, 11) is 0. The van der Waals surface area contributed by atoms with Crippen molar-refractivity contribution in [3.05, 3.63) is 39.8 Å². The van der Waals surface area contributed by atoms with Crippen molar-refractivity contribution in [2.75, 3.05) is 0 Å². The van der Waals surface area contributed by atoms with Crippen molar-refractivity contribution in [2.24, 2.45) is 5.73 Å². The topological polar surface area (TPSA) is 56.7 Å². The second kappa shape index (κ2) is 4.47. The second-order valence-corrected chi connectivity index (χ2v) is 4.45. The minimum absolute atomic E-state index is 0.395. The molecule has 0 atom stereocenters. The molecule has 0 amide bonds. The second-order valence-electron chi connectivity index (χ2n) is 4.05. The lowest BCUT2D eigenvalue weighted by Crippen LogP contribution is -2.05. The van der Waals surface area contributed by atoms with Crippen molar-refractivity contribution in [3.8, 4) is 5.82 Å². The minimum Gasteiger partial charge on any atom is -0.326 e. The van der Waals surface area contributed by atoms with Gasteiger partial charge in [-0.15, -0.1) is 0 Å². The summed E-state index contributed by atoms with van der Waals surface area (Å²) in [5.41, 5.74) is 9.77. The van der Waals surface area contributed by atoms with Crippen LogP contribution in [0.3, 0.4) is 0 Å². The maximum atomic E-state index is 5.99. The van der Waals surface area contributed by atoms with Gasteiger partial charge >= 0.3 is 0 Å². The van der Waals surface area contributed by atoms with Gasteiger partial charge in [-0.25, -0.2) is 9.67 Å². The fourth-order valence-corrected chi connectivity index (χ4v) is 1.86. The molecule has 5 heteroatoms. The molecule has 2 aromatic rings. The fourth-order valence-electron chi connectivity index (χ4n) is 1.68. The third-order valence-electron chi connectivity index (χ3n) is 3.01. The van der Waals surface area contributed by atoms with Gasteiger partial charge in [0.2, 0.25) is 0 Å². The van der Waals surface area contributed by atoms with Gasteiger partial charge in [0.1, 0.15) is 0 Å². The minimum atomic E-state index is 0.395. The molecule has 17 heavy (non-hydrogen) atoms. The zero-order chi connectivity index (χ0) is 12.6. The van der Waals surface area contributed by atoms with E-state index in [1.807, 2.05) is 31.5 Å². The van der Waals surface area contributed by atoms with Crippen LogP contribution in [0.4, 0.5) is 0 Å². The molecule has 2 rings (SSSR count). The summed E-state index contributed by atoms with van der Waals surface area (Å²) >= 11 is 5.99. The van der Waals surface area contributed by atoms with Gasteiger partial charge in [-0.1, -0.05) is 11.6 Å². The summed E-state index contributed by atoms with van der Waals surface area (Å²) in [5.74, 6) is 0.753. The van der Waals surface area contributed by atoms with Gasteiger partial charge in [0.05, 0.1) is 10.7 Å². The van der Waals surface area contributed by atoms with E-state index in [1.165, 1.54) is 5.56 Å². The monoisotopic (exact) mass is 250 g/mol. The van der Waals surface area contributed by atoms with Crippen LogP contribution < -0.4 is 5.73 Å². The fraction of sp³-hybridized carbons (Fsp3) is 0.333. The van der Waals surface area contributed by atoms with E-state index in [4.69, 9.17) is 17.3 Å². The summed E-state index contributed by atoms with van der Waals surface area (Å²) in [5, 5.41) is 5.05. The van der Waals surface area contributed by atoms with E-state index in [0.29, 0.717) is 11.6 Å². The lowest BCUT2D eigenvalue weighted by molar-refractivity contribution is 0.802. The Morgan fingerprint density at radius 2 is 2.06 bits per heavy atom. The van der Waals surface area contributed by atoms with Crippen LogP contribution in [0.5, 0.6) is 0 Å². The van der Waals surface area contributed by atoms with E-state index in [-0.39, 0.29) is 0 Å². The highest BCUT2D eigenvalue weighted by atomic mass is 35.5. The molecular weight excluding hydrogens is 236 g/mol. The molecule has 2 N–H and O–H groups in total. The lowest BCUT2D eigenvalue weighted by atomic mass is 10.2. The molecule has 0 bridgehead atoms. The van der Waals surface area contributed by atoms with Crippen LogP contribution in [0, 0.1) is 20.8 Å². The highest BCUT2D eigenvalue weighted by Gasteiger charge is 2.11. The van der Waals surface area contributed by atoms with Gasteiger partial charge in [-0.2, -0.15) is 5.10 Å². The number of nitrogens with zero attached hydrogens (tertiary/aromatic N) is 3. The van der Waals surface area contributed by atoms with Gasteiger partial charge in [-0.05, 0) is 38.0 Å². The number of halogens is 1. The molecule has 0 fully saturated rings. The molecule has 0 saturated carbocycles. The number of nitrogens with two attached hydrogens (primary N) is 1. The summed E-state index contributed by atoms with van der Waals surface area (Å²) in [6, 6.07) is 1.88. The van der Waals surface area contributed by atoms with Crippen molar-refractivity contribution >= 4 is 11.6 Å². The first-order valence-electron chi connectivity index (χ1n) is 5.42. The number of hydrogen-bond acceptors (Lipinski definition) is 3. The predicted molar refractivity (Wildman–Crippen MR) is 68.5 cm³/mol. The Bertz CT molecular complexity index is 560. The van der Waals surface area contributed by atoms with E-state index in [9.17, 15) is 0 Å². The molecule has 90 valence electrons. The van der Waals surface area contributed by atoms with Crippen LogP contribution in [-0.2, 0) is 6.54 Å². The largest absolute Gasteiger partial charge is 0.326 e. The standard InChI is InChI=1S/C12H15ClN4/c1-7-8(2)16-17(9(7)3)12-4-10(5-14)11(13)6-15-12/h4,6H,5,14H2,1-3H3. The van der Waals surface area contributed by atoms with Crippen LogP contribution in [-0.4, -0.2) is 14.8 Å². The summed E-state index contributed by atoms with van der Waals surface area (Å²) in [6.07, 6.45) is 1.62. The third kappa shape index (κ3) is 2.06. The highest BCUT2D eigenvalue weighted by Crippen LogP contribution is 2.19. The Kier molecular flexibility index (Phi) is 3.17. The van der Waals surface area contributed by atoms with Crippen molar-refractivity contribution < 1.29 is 0 Å². The Hall–Kier alpha value is -1.39. The molecule has 0 spiro atoms. The van der Waals surface area contributed by atoms with Gasteiger partial charge in [0.15, 0.2) is 5.82 Å². The number of aryl methyl sites for hydroxylation is 1. The number of pyridine rings is 1. The maximum absolute atomic E-state index is 5.99. The van der Waals surface area contributed by atoms with Crippen molar-refractivity contribution in [1.82, 2.24) is 14.8 Å². The van der Waals surface area contributed by atoms with E-state index >= 15 is 0 Å². The van der Waals surface area contributed by atoms with Crippen molar-refractivity contribution in [1.29, 1.82) is 0 Å². The molecule has 0 saturated heterocycles. The van der Waals surface area contributed by atoms with E-state index in [2.05, 4.69) is 10.1 Å². The SMILES string of the molecule is Cc1nn(-c2cc(CN)c(Cl)cn2)c(C)c1C. The quantitative estimate of drug-likeness (QED) is 0.890. The van der Waals surface area contributed by atoms with E-state index < -0.39 is 0 Å². The smallest absolute Gasteiger partial charge is 0.154 e. The molecule has 0 aliphatic heterocycles. The molecule has 0 aliphatic rings. The molecule has 0 aromatic carbocycles. The average molecular weight is 251 g/mol. The first kappa shape index (κ1) is 12.1.